The van der Waals surface area contributed by atoms with Gasteiger partial charge in [0.25, 0.3) is 0 Å². The van der Waals surface area contributed by atoms with Gasteiger partial charge in [0.05, 0.1) is 11.0 Å². The average molecular weight is 311 g/mol. The van der Waals surface area contributed by atoms with Crippen LogP contribution in [-0.4, -0.2) is 20.1 Å². The van der Waals surface area contributed by atoms with Gasteiger partial charge in [-0.25, -0.2) is 13.1 Å². The molecule has 0 aliphatic rings. The first-order valence-corrected chi connectivity index (χ1v) is 8.70. The van der Waals surface area contributed by atoms with Crippen LogP contribution in [0.25, 0.3) is 0 Å². The molecule has 2 N–H and O–H groups in total. The maximum atomic E-state index is 12.1. The van der Waals surface area contributed by atoms with E-state index in [1.165, 1.54) is 12.1 Å². The molecule has 108 valence electrons. The number of rotatable bonds is 6. The van der Waals surface area contributed by atoms with Crippen molar-refractivity contribution in [3.8, 4) is 0 Å². The first kappa shape index (κ1) is 15.2. The predicted octanol–water partition coefficient (Wildman–Crippen LogP) is 2.32. The molecule has 2 rings (SSSR count). The fraction of sp³-hybridized carbons (Fsp3) is 0.286. The van der Waals surface area contributed by atoms with Crippen molar-refractivity contribution in [3.63, 3.8) is 0 Å². The minimum atomic E-state index is -3.48. The van der Waals surface area contributed by atoms with Gasteiger partial charge in [0.15, 0.2) is 0 Å². The van der Waals surface area contributed by atoms with Gasteiger partial charge in [0, 0.05) is 6.54 Å². The van der Waals surface area contributed by atoms with E-state index in [1.807, 2.05) is 16.8 Å². The summed E-state index contributed by atoms with van der Waals surface area (Å²) in [6.45, 7) is 2.01. The maximum absolute atomic E-state index is 12.1. The van der Waals surface area contributed by atoms with Crippen molar-refractivity contribution in [2.45, 2.75) is 24.3 Å². The van der Waals surface area contributed by atoms with Crippen LogP contribution in [0.2, 0.25) is 0 Å². The molecule has 6 heteroatoms. The smallest absolute Gasteiger partial charge is 0.240 e. The van der Waals surface area contributed by atoms with Gasteiger partial charge in [-0.15, -0.1) is 0 Å². The third-order valence-electron chi connectivity index (χ3n) is 2.96. The Morgan fingerprint density at radius 2 is 1.95 bits per heavy atom. The lowest BCUT2D eigenvalue weighted by molar-refractivity contribution is 0.199. The highest BCUT2D eigenvalue weighted by Gasteiger charge is 2.13. The summed E-state index contributed by atoms with van der Waals surface area (Å²) >= 11 is 1.60. The number of thiophene rings is 1. The summed E-state index contributed by atoms with van der Waals surface area (Å²) in [6.07, 6.45) is 0.0763. The second kappa shape index (κ2) is 6.49. The first-order valence-electron chi connectivity index (χ1n) is 6.28. The van der Waals surface area contributed by atoms with Crippen LogP contribution in [0.15, 0.2) is 46.0 Å². The van der Waals surface area contributed by atoms with E-state index >= 15 is 0 Å². The molecule has 1 aromatic carbocycles. The number of hydrogen-bond acceptors (Lipinski definition) is 4. The van der Waals surface area contributed by atoms with Crippen molar-refractivity contribution in [2.24, 2.45) is 0 Å². The van der Waals surface area contributed by atoms with Gasteiger partial charge < -0.3 is 5.11 Å². The van der Waals surface area contributed by atoms with E-state index in [0.717, 1.165) is 5.56 Å². The summed E-state index contributed by atoms with van der Waals surface area (Å²) in [4.78, 5) is 0.215. The first-order chi connectivity index (χ1) is 9.49. The largest absolute Gasteiger partial charge is 0.389 e. The standard InChI is InChI=1S/C14H17NO3S2/c1-11(16)13-2-4-14(5-3-13)20(17,18)15-8-6-12-7-9-19-10-12/h2-5,7,9-11,15-16H,6,8H2,1H3. The van der Waals surface area contributed by atoms with Gasteiger partial charge in [-0.05, 0) is 53.4 Å². The summed E-state index contributed by atoms with van der Waals surface area (Å²) in [5.41, 5.74) is 1.82. The topological polar surface area (TPSA) is 66.4 Å². The summed E-state index contributed by atoms with van der Waals surface area (Å²) in [5.74, 6) is 0. The number of nitrogens with one attached hydrogen (secondary N) is 1. The SMILES string of the molecule is CC(O)c1ccc(S(=O)(=O)NCCc2ccsc2)cc1. The van der Waals surface area contributed by atoms with Gasteiger partial charge in [-0.2, -0.15) is 11.3 Å². The molecule has 1 atom stereocenters. The highest BCUT2D eigenvalue weighted by atomic mass is 32.2. The predicted molar refractivity (Wildman–Crippen MR) is 80.3 cm³/mol. The zero-order valence-corrected chi connectivity index (χ0v) is 12.7. The molecule has 1 heterocycles. The molecule has 1 aromatic heterocycles. The molecule has 0 bridgehead atoms. The van der Waals surface area contributed by atoms with E-state index in [-0.39, 0.29) is 4.90 Å². The van der Waals surface area contributed by atoms with Crippen molar-refractivity contribution >= 4 is 21.4 Å². The lowest BCUT2D eigenvalue weighted by atomic mass is 10.1. The molecule has 0 saturated heterocycles. The Kier molecular flexibility index (Phi) is 4.93. The Labute approximate surface area is 123 Å². The Hall–Kier alpha value is -1.21. The Balaban J connectivity index is 1.99. The number of benzene rings is 1. The average Bonchev–Trinajstić information content (AvgIpc) is 2.92. The molecule has 0 spiro atoms. The van der Waals surface area contributed by atoms with Crippen LogP contribution in [0.4, 0.5) is 0 Å². The van der Waals surface area contributed by atoms with Crippen LogP contribution in [0.1, 0.15) is 24.2 Å². The highest BCUT2D eigenvalue weighted by Crippen LogP contribution is 2.15. The third kappa shape index (κ3) is 3.89. The molecule has 0 aliphatic heterocycles. The molecule has 0 amide bonds. The minimum Gasteiger partial charge on any atom is -0.389 e. The van der Waals surface area contributed by atoms with Crippen molar-refractivity contribution in [1.82, 2.24) is 4.72 Å². The monoisotopic (exact) mass is 311 g/mol. The molecule has 0 fully saturated rings. The van der Waals surface area contributed by atoms with Crippen LogP contribution in [0, 0.1) is 0 Å². The highest BCUT2D eigenvalue weighted by molar-refractivity contribution is 7.89. The van der Waals surface area contributed by atoms with E-state index in [2.05, 4.69) is 4.72 Å². The van der Waals surface area contributed by atoms with Gasteiger partial charge in [-0.1, -0.05) is 12.1 Å². The lowest BCUT2D eigenvalue weighted by Gasteiger charge is -2.08. The van der Waals surface area contributed by atoms with E-state index in [9.17, 15) is 13.5 Å². The summed E-state index contributed by atoms with van der Waals surface area (Å²) in [7, 11) is -3.48. The molecular formula is C14H17NO3S2. The van der Waals surface area contributed by atoms with Gasteiger partial charge in [0.1, 0.15) is 0 Å². The lowest BCUT2D eigenvalue weighted by Crippen LogP contribution is -2.25. The van der Waals surface area contributed by atoms with E-state index in [1.54, 1.807) is 30.4 Å². The Morgan fingerprint density at radius 1 is 1.25 bits per heavy atom. The van der Waals surface area contributed by atoms with E-state index < -0.39 is 16.1 Å². The Bertz CT molecular complexity index is 632. The maximum Gasteiger partial charge on any atom is 0.240 e. The van der Waals surface area contributed by atoms with Crippen LogP contribution >= 0.6 is 11.3 Å². The molecule has 2 aromatic rings. The number of hydrogen-bond donors (Lipinski definition) is 2. The minimum absolute atomic E-state index is 0.215. The van der Waals surface area contributed by atoms with Crippen molar-refractivity contribution in [2.75, 3.05) is 6.54 Å². The third-order valence-corrected chi connectivity index (χ3v) is 5.17. The molecular weight excluding hydrogens is 294 g/mol. The van der Waals surface area contributed by atoms with E-state index in [4.69, 9.17) is 0 Å². The van der Waals surface area contributed by atoms with Crippen molar-refractivity contribution < 1.29 is 13.5 Å². The number of aliphatic hydroxyl groups excluding tert-OH is 1. The zero-order valence-electron chi connectivity index (χ0n) is 11.1. The second-order valence-corrected chi connectivity index (χ2v) is 7.07. The molecule has 0 radical (unpaired) electrons. The summed E-state index contributed by atoms with van der Waals surface area (Å²) in [5, 5.41) is 13.4. The number of sulfonamides is 1. The fourth-order valence-corrected chi connectivity index (χ4v) is 3.51. The van der Waals surface area contributed by atoms with Gasteiger partial charge >= 0.3 is 0 Å². The van der Waals surface area contributed by atoms with Crippen LogP contribution < -0.4 is 4.72 Å². The van der Waals surface area contributed by atoms with Gasteiger partial charge in [0.2, 0.25) is 10.0 Å². The quantitative estimate of drug-likeness (QED) is 0.860. The molecule has 4 nitrogen and oxygen atoms in total. The Morgan fingerprint density at radius 3 is 2.50 bits per heavy atom. The normalized spacial score (nSPS) is 13.3. The van der Waals surface area contributed by atoms with E-state index in [0.29, 0.717) is 18.5 Å². The molecule has 0 saturated carbocycles. The van der Waals surface area contributed by atoms with Crippen LogP contribution in [0.3, 0.4) is 0 Å². The number of aliphatic hydroxyl groups is 1. The fourth-order valence-electron chi connectivity index (χ4n) is 1.77. The summed E-state index contributed by atoms with van der Waals surface area (Å²) < 4.78 is 26.7. The van der Waals surface area contributed by atoms with Crippen LogP contribution in [-0.2, 0) is 16.4 Å². The van der Waals surface area contributed by atoms with Crippen LogP contribution in [0.5, 0.6) is 0 Å². The summed E-state index contributed by atoms with van der Waals surface area (Å²) in [6, 6.07) is 8.25. The molecule has 1 unspecified atom stereocenters. The van der Waals surface area contributed by atoms with Crippen molar-refractivity contribution in [3.05, 3.63) is 52.2 Å². The molecule has 0 aliphatic carbocycles. The van der Waals surface area contributed by atoms with Crippen molar-refractivity contribution in [1.29, 1.82) is 0 Å². The molecule has 20 heavy (non-hydrogen) atoms. The zero-order chi connectivity index (χ0) is 14.6. The van der Waals surface area contributed by atoms with Gasteiger partial charge in [-0.3, -0.25) is 0 Å². The second-order valence-electron chi connectivity index (χ2n) is 4.52.